The van der Waals surface area contributed by atoms with Crippen LogP contribution >= 0.6 is 0 Å². The third-order valence-electron chi connectivity index (χ3n) is 7.47. The van der Waals surface area contributed by atoms with E-state index in [4.69, 9.17) is 28.8 Å². The predicted molar refractivity (Wildman–Crippen MR) is 161 cm³/mol. The molecule has 1 aliphatic heterocycles. The largest absolute Gasteiger partial charge is 0.497 e. The summed E-state index contributed by atoms with van der Waals surface area (Å²) in [6.45, 7) is 0.0756. The van der Waals surface area contributed by atoms with Gasteiger partial charge < -0.3 is 23.8 Å². The topological polar surface area (TPSA) is 102 Å². The molecule has 4 aromatic carbocycles. The summed E-state index contributed by atoms with van der Waals surface area (Å²) in [6, 6.07) is 25.8. The van der Waals surface area contributed by atoms with Gasteiger partial charge in [-0.25, -0.2) is 14.5 Å². The molecule has 0 amide bonds. The SMILES string of the molecule is COc1ccc(/C=N/OCc2nc3c4c(ncn3n2)Oc2c(ccc3ccccc23)C4c2ccc(OC)c(OC)c2)cc1. The van der Waals surface area contributed by atoms with Crippen molar-refractivity contribution in [3.8, 4) is 28.9 Å². The lowest BCUT2D eigenvalue weighted by Crippen LogP contribution is -2.15. The number of ether oxygens (including phenoxy) is 4. The summed E-state index contributed by atoms with van der Waals surface area (Å²) in [6.07, 6.45) is 3.23. The van der Waals surface area contributed by atoms with Gasteiger partial charge in [0.15, 0.2) is 29.6 Å². The van der Waals surface area contributed by atoms with Crippen LogP contribution in [0.25, 0.3) is 16.4 Å². The van der Waals surface area contributed by atoms with Gasteiger partial charge in [-0.05, 0) is 52.9 Å². The van der Waals surface area contributed by atoms with Gasteiger partial charge in [-0.2, -0.15) is 0 Å². The van der Waals surface area contributed by atoms with E-state index in [9.17, 15) is 0 Å². The molecule has 1 unspecified atom stereocenters. The summed E-state index contributed by atoms with van der Waals surface area (Å²) in [4.78, 5) is 15.1. The number of oxime groups is 1. The molecule has 6 aromatic rings. The fraction of sp³-hybridized carbons (Fsp3) is 0.152. The molecule has 0 saturated carbocycles. The summed E-state index contributed by atoms with van der Waals surface area (Å²) in [5.41, 5.74) is 4.24. The molecule has 0 radical (unpaired) electrons. The van der Waals surface area contributed by atoms with Gasteiger partial charge in [0.05, 0.1) is 33.1 Å². The van der Waals surface area contributed by atoms with Crippen LogP contribution in [0.1, 0.15) is 34.0 Å². The highest BCUT2D eigenvalue weighted by molar-refractivity contribution is 5.91. The van der Waals surface area contributed by atoms with E-state index < -0.39 is 0 Å². The predicted octanol–water partition coefficient (Wildman–Crippen LogP) is 6.14. The van der Waals surface area contributed by atoms with E-state index in [2.05, 4.69) is 39.5 Å². The number of rotatable bonds is 8. The number of hydrogen-bond acceptors (Lipinski definition) is 9. The minimum Gasteiger partial charge on any atom is -0.497 e. The van der Waals surface area contributed by atoms with Crippen molar-refractivity contribution in [3.05, 3.63) is 113 Å². The fourth-order valence-corrected chi connectivity index (χ4v) is 5.41. The Morgan fingerprint density at radius 1 is 0.907 bits per heavy atom. The molecule has 214 valence electrons. The van der Waals surface area contributed by atoms with Crippen molar-refractivity contribution in [2.45, 2.75) is 12.5 Å². The van der Waals surface area contributed by atoms with Gasteiger partial charge in [-0.15, -0.1) is 5.10 Å². The molecular formula is C33H27N5O5. The molecule has 10 nitrogen and oxygen atoms in total. The quantitative estimate of drug-likeness (QED) is 0.158. The normalized spacial score (nSPS) is 13.9. The minimum absolute atomic E-state index is 0.0756. The van der Waals surface area contributed by atoms with Crippen molar-refractivity contribution >= 4 is 22.6 Å². The van der Waals surface area contributed by atoms with Crippen LogP contribution in [0.5, 0.6) is 28.9 Å². The second kappa shape index (κ2) is 11.0. The lowest BCUT2D eigenvalue weighted by Gasteiger charge is -2.29. The average molecular weight is 574 g/mol. The standard InChI is InChI=1S/C33H27N5O5/c1-39-23-12-8-20(9-13-23)17-35-42-18-28-36-32-30-29(22-11-15-26(40-2)27(16-22)41-3)25-14-10-21-6-4-5-7-24(21)31(25)43-33(30)34-19-38(32)37-28/h4-17,19,29H,18H2,1-3H3/b35-17+. The van der Waals surface area contributed by atoms with Crippen molar-refractivity contribution < 1.29 is 23.8 Å². The van der Waals surface area contributed by atoms with Gasteiger partial charge in [-0.1, -0.05) is 47.6 Å². The Balaban J connectivity index is 1.29. The zero-order valence-electron chi connectivity index (χ0n) is 23.7. The van der Waals surface area contributed by atoms with Crippen LogP contribution in [0.2, 0.25) is 0 Å². The third-order valence-corrected chi connectivity index (χ3v) is 7.47. The number of methoxy groups -OCH3 is 3. The van der Waals surface area contributed by atoms with Gasteiger partial charge in [0.1, 0.15) is 17.8 Å². The highest BCUT2D eigenvalue weighted by atomic mass is 16.6. The van der Waals surface area contributed by atoms with Crippen molar-refractivity contribution in [1.29, 1.82) is 0 Å². The Morgan fingerprint density at radius 2 is 1.74 bits per heavy atom. The van der Waals surface area contributed by atoms with Gasteiger partial charge in [0, 0.05) is 16.9 Å². The zero-order valence-corrected chi connectivity index (χ0v) is 23.7. The molecule has 1 atom stereocenters. The van der Waals surface area contributed by atoms with Gasteiger partial charge in [0.25, 0.3) is 0 Å². The fourth-order valence-electron chi connectivity index (χ4n) is 5.41. The van der Waals surface area contributed by atoms with Crippen molar-refractivity contribution in [2.75, 3.05) is 21.3 Å². The molecule has 0 saturated heterocycles. The molecule has 10 heteroatoms. The first-order chi connectivity index (χ1) is 21.2. The second-order valence-corrected chi connectivity index (χ2v) is 9.90. The average Bonchev–Trinajstić information content (AvgIpc) is 3.49. The van der Waals surface area contributed by atoms with Crippen LogP contribution in [-0.4, -0.2) is 47.1 Å². The van der Waals surface area contributed by atoms with Crippen molar-refractivity contribution in [1.82, 2.24) is 19.6 Å². The Kier molecular flexibility index (Phi) is 6.71. The molecular weight excluding hydrogens is 546 g/mol. The molecule has 0 N–H and O–H groups in total. The number of nitrogens with zero attached hydrogens (tertiary/aromatic N) is 5. The number of hydrogen-bond donors (Lipinski definition) is 0. The number of fused-ring (bicyclic) bond motifs is 6. The Morgan fingerprint density at radius 3 is 2.56 bits per heavy atom. The summed E-state index contributed by atoms with van der Waals surface area (Å²) in [5, 5.41) is 10.8. The monoisotopic (exact) mass is 573 g/mol. The van der Waals surface area contributed by atoms with Crippen molar-refractivity contribution in [3.63, 3.8) is 0 Å². The van der Waals surface area contributed by atoms with E-state index in [0.717, 1.165) is 44.5 Å². The summed E-state index contributed by atoms with van der Waals surface area (Å²) in [7, 11) is 4.88. The molecule has 7 rings (SSSR count). The van der Waals surface area contributed by atoms with E-state index in [1.54, 1.807) is 38.4 Å². The van der Waals surface area contributed by atoms with E-state index >= 15 is 0 Å². The first-order valence-corrected chi connectivity index (χ1v) is 13.6. The van der Waals surface area contributed by atoms with Crippen molar-refractivity contribution in [2.24, 2.45) is 5.16 Å². The van der Waals surface area contributed by atoms with Crippen LogP contribution in [0.15, 0.2) is 90.3 Å². The van der Waals surface area contributed by atoms with E-state index in [-0.39, 0.29) is 12.5 Å². The minimum atomic E-state index is -0.273. The van der Waals surface area contributed by atoms with Crippen LogP contribution in [0, 0.1) is 0 Å². The Labute approximate surface area is 247 Å². The first kappa shape index (κ1) is 26.3. The zero-order chi connectivity index (χ0) is 29.3. The Hall–Kier alpha value is -5.64. The molecule has 2 aromatic heterocycles. The van der Waals surface area contributed by atoms with Crippen LogP contribution < -0.4 is 18.9 Å². The molecule has 0 bridgehead atoms. The van der Waals surface area contributed by atoms with Gasteiger partial charge in [-0.3, -0.25) is 0 Å². The van der Waals surface area contributed by atoms with Crippen LogP contribution in [-0.2, 0) is 11.4 Å². The molecule has 43 heavy (non-hydrogen) atoms. The maximum absolute atomic E-state index is 6.51. The molecule has 0 spiro atoms. The molecule has 0 aliphatic carbocycles. The van der Waals surface area contributed by atoms with Crippen LogP contribution in [0.4, 0.5) is 0 Å². The number of aromatic nitrogens is 4. The number of benzene rings is 4. The maximum atomic E-state index is 6.51. The molecule has 1 aliphatic rings. The lowest BCUT2D eigenvalue weighted by molar-refractivity contribution is 0.126. The first-order valence-electron chi connectivity index (χ1n) is 13.6. The Bertz CT molecular complexity index is 1990. The van der Waals surface area contributed by atoms with Gasteiger partial charge in [0.2, 0.25) is 5.88 Å². The van der Waals surface area contributed by atoms with Gasteiger partial charge >= 0.3 is 0 Å². The lowest BCUT2D eigenvalue weighted by atomic mass is 9.82. The van der Waals surface area contributed by atoms with E-state index in [1.165, 1.54) is 0 Å². The summed E-state index contributed by atoms with van der Waals surface area (Å²) < 4.78 is 24.5. The van der Waals surface area contributed by atoms with E-state index in [0.29, 0.717) is 28.9 Å². The smallest absolute Gasteiger partial charge is 0.228 e. The maximum Gasteiger partial charge on any atom is 0.228 e. The van der Waals surface area contributed by atoms with E-state index in [1.807, 2.05) is 54.6 Å². The molecule has 0 fully saturated rings. The third kappa shape index (κ3) is 4.72. The van der Waals surface area contributed by atoms with Crippen LogP contribution in [0.3, 0.4) is 0 Å². The second-order valence-electron chi connectivity index (χ2n) is 9.90. The highest BCUT2D eigenvalue weighted by Crippen LogP contribution is 2.51. The highest BCUT2D eigenvalue weighted by Gasteiger charge is 2.34. The summed E-state index contributed by atoms with van der Waals surface area (Å²) in [5.74, 6) is 3.45. The molecule has 3 heterocycles. The summed E-state index contributed by atoms with van der Waals surface area (Å²) >= 11 is 0.